The number of allylic oxidation sites excluding steroid dienone is 1. The van der Waals surface area contributed by atoms with Gasteiger partial charge in [-0.25, -0.2) is 4.79 Å². The molecule has 0 aromatic rings. The summed E-state index contributed by atoms with van der Waals surface area (Å²) in [4.78, 5) is 13.2. The number of hydrogen-bond donors (Lipinski definition) is 18. The van der Waals surface area contributed by atoms with E-state index < -0.39 is 225 Å². The van der Waals surface area contributed by atoms with Crippen molar-refractivity contribution in [2.75, 3.05) is 26.4 Å². The molecule has 4 saturated carbocycles. The summed E-state index contributed by atoms with van der Waals surface area (Å²) in [6.07, 6.45) is -43.1. The van der Waals surface area contributed by atoms with E-state index in [1.165, 1.54) is 6.92 Å². The highest BCUT2D eigenvalue weighted by Crippen LogP contribution is 2.76. The maximum atomic E-state index is 13.2. The van der Waals surface area contributed by atoms with Crippen LogP contribution in [0.4, 0.5) is 0 Å². The van der Waals surface area contributed by atoms with E-state index in [0.29, 0.717) is 44.9 Å². The van der Waals surface area contributed by atoms with Crippen LogP contribution in [0.5, 0.6) is 0 Å². The minimum atomic E-state index is -2.30. The Hall–Kier alpha value is -1.87. The van der Waals surface area contributed by atoms with E-state index in [0.717, 1.165) is 5.57 Å². The molecule has 0 aromatic heterocycles. The van der Waals surface area contributed by atoms with Crippen molar-refractivity contribution in [1.82, 2.24) is 0 Å². The number of hydrogen-bond acceptors (Lipinski definition) is 28. The number of fused-ring (bicyclic) bond motifs is 7. The first-order valence-corrected chi connectivity index (χ1v) is 31.4. The van der Waals surface area contributed by atoms with Gasteiger partial charge in [0.15, 0.2) is 37.6 Å². The molecule has 35 unspecified atom stereocenters. The Bertz CT molecular complexity index is 2490. The van der Waals surface area contributed by atoms with Crippen molar-refractivity contribution >= 4 is 5.97 Å². The maximum Gasteiger partial charge on any atom is 0.335 e. The minimum Gasteiger partial charge on any atom is -0.479 e. The highest BCUT2D eigenvalue weighted by atomic mass is 16.8. The van der Waals surface area contributed by atoms with E-state index in [-0.39, 0.29) is 36.2 Å². The average Bonchev–Trinajstić information content (AvgIpc) is 0.670. The molecule has 29 heteroatoms. The molecule has 9 fully saturated rings. The molecular weight excluding hydrogens is 1180 g/mol. The van der Waals surface area contributed by atoms with Crippen molar-refractivity contribution in [2.45, 2.75) is 279 Å². The Morgan fingerprint density at radius 1 is 0.517 bits per heavy atom. The molecule has 10 rings (SSSR count). The maximum absolute atomic E-state index is 13.2. The number of carboxylic acids is 1. The zero-order valence-electron chi connectivity index (χ0n) is 51.5. The lowest BCUT2D eigenvalue weighted by Crippen LogP contribution is -2.72. The SMILES string of the molecule is CC1OC(OC2C(OC3C(O)C(C(=O)O)OC(OC4CCC5(C)C(CCC6(C)C5CC=C5C7CC(C)(C)CCC7(COC7OC(CO)C(O)C(O)C7O)C(O)C(O)C56C)C4(C)C)C3OC3OC(CO)C(O)C(O)C3O)OC(CO)C(O)C2O)C(O)C(O)C1O. The van der Waals surface area contributed by atoms with E-state index in [1.54, 1.807) is 0 Å². The van der Waals surface area contributed by atoms with Gasteiger partial charge >= 0.3 is 5.97 Å². The van der Waals surface area contributed by atoms with Gasteiger partial charge in [-0.3, -0.25) is 0 Å². The molecule has 5 aliphatic carbocycles. The van der Waals surface area contributed by atoms with Crippen LogP contribution in [0.25, 0.3) is 0 Å². The summed E-state index contributed by atoms with van der Waals surface area (Å²) in [5.41, 5.74) is -3.35. The smallest absolute Gasteiger partial charge is 0.335 e. The zero-order valence-corrected chi connectivity index (χ0v) is 51.5. The summed E-state index contributed by atoms with van der Waals surface area (Å²) < 4.78 is 61.2. The van der Waals surface area contributed by atoms with Crippen LogP contribution in [-0.4, -0.2) is 296 Å². The second-order valence-electron chi connectivity index (χ2n) is 29.3. The van der Waals surface area contributed by atoms with E-state index in [1.807, 2.05) is 20.8 Å². The number of carbonyl (C=O) groups is 1. The molecule has 89 heavy (non-hydrogen) atoms. The van der Waals surface area contributed by atoms with Gasteiger partial charge < -0.3 is 139 Å². The molecule has 29 nitrogen and oxygen atoms in total. The molecule has 0 aromatic carbocycles. The minimum absolute atomic E-state index is 0.129. The molecule has 5 aliphatic heterocycles. The van der Waals surface area contributed by atoms with E-state index in [9.17, 15) is 96.7 Å². The van der Waals surface area contributed by atoms with Crippen LogP contribution in [0.1, 0.15) is 107 Å². The van der Waals surface area contributed by atoms with Gasteiger partial charge in [0, 0.05) is 10.8 Å². The van der Waals surface area contributed by atoms with Crippen molar-refractivity contribution < 1.29 is 144 Å². The van der Waals surface area contributed by atoms with Crippen LogP contribution >= 0.6 is 0 Å². The fourth-order valence-electron chi connectivity index (χ4n) is 18.1. The summed E-state index contributed by atoms with van der Waals surface area (Å²) in [5.74, 6) is -2.39. The molecular formula is C60H98O29. The van der Waals surface area contributed by atoms with Gasteiger partial charge in [-0.2, -0.15) is 0 Å². The fourth-order valence-corrected chi connectivity index (χ4v) is 18.1. The molecule has 0 bridgehead atoms. The van der Waals surface area contributed by atoms with Crippen LogP contribution in [0.3, 0.4) is 0 Å². The summed E-state index contributed by atoms with van der Waals surface area (Å²) >= 11 is 0. The van der Waals surface area contributed by atoms with Gasteiger partial charge in [-0.05, 0) is 97.7 Å². The summed E-state index contributed by atoms with van der Waals surface area (Å²) in [6.45, 7) is 13.4. The standard InChI is InChI=1S/C60H98O29/c1-22-31(64)35(68)40(73)51(81-22)88-45-38(71)34(67)27(20-63)84-53(45)86-43-42(75)44(49(78)79)87-54(46(43)89-52-41(74)37(70)33(66)26(19-62)83-52)85-30-12-13-57(6)28(56(30,4)5)11-14-58(7)29(57)10-9-23-24-17-55(2,3)15-16-60(24,48(77)47(76)59(23,58)8)21-80-50-39(72)36(69)32(65)25(18-61)82-50/h9,22,24-48,50-54,61-77H,10-21H2,1-8H3,(H,78,79). The third kappa shape index (κ3) is 11.5. The molecule has 10 aliphatic rings. The molecule has 0 radical (unpaired) electrons. The number of aliphatic carboxylic acids is 1. The number of carboxylic acid groups (broad SMARTS) is 1. The largest absolute Gasteiger partial charge is 0.479 e. The number of ether oxygens (including phenoxy) is 10. The Labute approximate surface area is 515 Å². The first kappa shape index (κ1) is 69.9. The Morgan fingerprint density at radius 3 is 1.63 bits per heavy atom. The molecule has 0 spiro atoms. The van der Waals surface area contributed by atoms with Crippen LogP contribution in [-0.2, 0) is 52.2 Å². The topological polar surface area (TPSA) is 474 Å². The highest BCUT2D eigenvalue weighted by molar-refractivity contribution is 5.73. The zero-order chi connectivity index (χ0) is 65.3. The van der Waals surface area contributed by atoms with Gasteiger partial charge in [-0.15, -0.1) is 0 Å². The lowest BCUT2D eigenvalue weighted by molar-refractivity contribution is -0.406. The lowest BCUT2D eigenvalue weighted by Gasteiger charge is -2.73. The monoisotopic (exact) mass is 1280 g/mol. The first-order valence-electron chi connectivity index (χ1n) is 31.4. The molecule has 5 heterocycles. The van der Waals surface area contributed by atoms with Crippen molar-refractivity contribution in [3.05, 3.63) is 11.6 Å². The Morgan fingerprint density at radius 2 is 1.03 bits per heavy atom. The predicted molar refractivity (Wildman–Crippen MR) is 297 cm³/mol. The van der Waals surface area contributed by atoms with Gasteiger partial charge in [0.25, 0.3) is 0 Å². The van der Waals surface area contributed by atoms with Crippen LogP contribution in [0.2, 0.25) is 0 Å². The quantitative estimate of drug-likeness (QED) is 0.0541. The van der Waals surface area contributed by atoms with Crippen LogP contribution in [0, 0.1) is 50.2 Å². The van der Waals surface area contributed by atoms with Crippen molar-refractivity contribution in [3.63, 3.8) is 0 Å². The third-order valence-corrected chi connectivity index (χ3v) is 23.7. The van der Waals surface area contributed by atoms with Gasteiger partial charge in [-0.1, -0.05) is 60.1 Å². The predicted octanol–water partition coefficient (Wildman–Crippen LogP) is -4.68. The normalized spacial score (nSPS) is 54.8. The van der Waals surface area contributed by atoms with Crippen LogP contribution < -0.4 is 0 Å². The van der Waals surface area contributed by atoms with E-state index >= 15 is 0 Å². The summed E-state index contributed by atoms with van der Waals surface area (Å²) in [6, 6.07) is 0. The molecule has 35 atom stereocenters. The first-order chi connectivity index (χ1) is 41.6. The summed E-state index contributed by atoms with van der Waals surface area (Å²) in [7, 11) is 0. The Kier molecular flexibility index (Phi) is 20.1. The van der Waals surface area contributed by atoms with Crippen LogP contribution in [0.15, 0.2) is 11.6 Å². The fraction of sp³-hybridized carbons (Fsp3) is 0.950. The molecule has 18 N–H and O–H groups in total. The highest BCUT2D eigenvalue weighted by Gasteiger charge is 2.73. The molecule has 5 saturated heterocycles. The van der Waals surface area contributed by atoms with E-state index in [4.69, 9.17) is 47.4 Å². The average molecular weight is 1280 g/mol. The number of aliphatic hydroxyl groups excluding tert-OH is 17. The second kappa shape index (κ2) is 25.6. The second-order valence-corrected chi connectivity index (χ2v) is 29.3. The number of aliphatic hydroxyl groups is 17. The van der Waals surface area contributed by atoms with Gasteiger partial charge in [0.2, 0.25) is 0 Å². The van der Waals surface area contributed by atoms with E-state index in [2.05, 4.69) is 33.8 Å². The molecule has 512 valence electrons. The van der Waals surface area contributed by atoms with Gasteiger partial charge in [0.1, 0.15) is 110 Å². The summed E-state index contributed by atoms with van der Waals surface area (Å²) in [5, 5.41) is 199. The van der Waals surface area contributed by atoms with Crippen molar-refractivity contribution in [3.8, 4) is 0 Å². The molecule has 0 amide bonds. The van der Waals surface area contributed by atoms with Crippen molar-refractivity contribution in [2.24, 2.45) is 50.2 Å². The van der Waals surface area contributed by atoms with Crippen molar-refractivity contribution in [1.29, 1.82) is 0 Å². The third-order valence-electron chi connectivity index (χ3n) is 23.7. The number of rotatable bonds is 15. The lowest BCUT2D eigenvalue weighted by atomic mass is 9.32. The van der Waals surface area contributed by atoms with Gasteiger partial charge in [0.05, 0.1) is 50.8 Å². The Balaban J connectivity index is 0.962.